The number of rotatable bonds is 5. The van der Waals surface area contributed by atoms with Crippen molar-refractivity contribution in [2.24, 2.45) is 5.92 Å². The Hall–Kier alpha value is -3.00. The summed E-state index contributed by atoms with van der Waals surface area (Å²) in [6.45, 7) is 0. The first-order chi connectivity index (χ1) is 14.0. The number of hydrogen-bond donors (Lipinski definition) is 1. The second-order valence-corrected chi connectivity index (χ2v) is 9.72. The molecule has 0 atom stereocenters. The first-order valence-electron chi connectivity index (χ1n) is 9.60. The van der Waals surface area contributed by atoms with Gasteiger partial charge in [-0.2, -0.15) is 0 Å². The maximum Gasteiger partial charge on any atom is 0.180 e. The smallest absolute Gasteiger partial charge is 0.180 e. The summed E-state index contributed by atoms with van der Waals surface area (Å²) in [5, 5.41) is 1.83. The molecule has 1 fully saturated rings. The molecule has 3 aromatic heterocycles. The standard InChI is InChI=1S/C21H21N5O2S/c1-26(21-18-6-7-22-20(18)24-13-25-21)16-8-14(9-16)12-29(27,28)17-10-15-4-2-3-5-19(15)23-11-17/h2-7,10-11,13-14,16H,8-9,12H2,1H3,(H,22,24,25)/t14-,16+. The highest BCUT2D eigenvalue weighted by molar-refractivity contribution is 7.91. The van der Waals surface area contributed by atoms with Gasteiger partial charge in [0, 0.05) is 30.9 Å². The third-order valence-corrected chi connectivity index (χ3v) is 7.66. The second kappa shape index (κ2) is 6.81. The van der Waals surface area contributed by atoms with Crippen molar-refractivity contribution in [1.29, 1.82) is 0 Å². The molecule has 3 heterocycles. The lowest BCUT2D eigenvalue weighted by atomic mass is 9.81. The van der Waals surface area contributed by atoms with Crippen LogP contribution in [0.3, 0.4) is 0 Å². The number of aromatic nitrogens is 4. The Morgan fingerprint density at radius 3 is 2.83 bits per heavy atom. The van der Waals surface area contributed by atoms with Crippen LogP contribution in [0.5, 0.6) is 0 Å². The summed E-state index contributed by atoms with van der Waals surface area (Å²) in [4.78, 5) is 18.5. The monoisotopic (exact) mass is 407 g/mol. The normalized spacial score (nSPS) is 19.3. The van der Waals surface area contributed by atoms with Crippen LogP contribution in [0.25, 0.3) is 21.9 Å². The minimum atomic E-state index is -3.36. The quantitative estimate of drug-likeness (QED) is 0.546. The zero-order chi connectivity index (χ0) is 20.0. The number of H-pyrrole nitrogens is 1. The van der Waals surface area contributed by atoms with Gasteiger partial charge >= 0.3 is 0 Å². The van der Waals surface area contributed by atoms with E-state index in [2.05, 4.69) is 24.8 Å². The summed E-state index contributed by atoms with van der Waals surface area (Å²) in [5.74, 6) is 1.17. The molecule has 0 amide bonds. The third kappa shape index (κ3) is 3.23. The molecule has 1 aromatic carbocycles. The zero-order valence-electron chi connectivity index (χ0n) is 16.0. The number of hydrogen-bond acceptors (Lipinski definition) is 6. The first kappa shape index (κ1) is 18.1. The van der Waals surface area contributed by atoms with Crippen LogP contribution in [-0.2, 0) is 9.84 Å². The lowest BCUT2D eigenvalue weighted by Crippen LogP contribution is -2.45. The summed E-state index contributed by atoms with van der Waals surface area (Å²) in [5.41, 5.74) is 1.61. The Bertz CT molecular complexity index is 1290. The molecule has 0 unspecified atom stereocenters. The molecule has 5 rings (SSSR count). The fourth-order valence-corrected chi connectivity index (χ4v) is 5.70. The predicted molar refractivity (Wildman–Crippen MR) is 113 cm³/mol. The van der Waals surface area contributed by atoms with Gasteiger partial charge in [0.1, 0.15) is 17.8 Å². The predicted octanol–water partition coefficient (Wildman–Crippen LogP) is 3.19. The van der Waals surface area contributed by atoms with Crippen LogP contribution >= 0.6 is 0 Å². The summed E-state index contributed by atoms with van der Waals surface area (Å²) >= 11 is 0. The van der Waals surface area contributed by atoms with E-state index in [1.807, 2.05) is 43.6 Å². The van der Waals surface area contributed by atoms with Gasteiger partial charge in [0.15, 0.2) is 9.84 Å². The van der Waals surface area contributed by atoms with Gasteiger partial charge in [0.05, 0.1) is 21.6 Å². The van der Waals surface area contributed by atoms with Crippen molar-refractivity contribution in [2.45, 2.75) is 23.8 Å². The van der Waals surface area contributed by atoms with E-state index in [-0.39, 0.29) is 17.7 Å². The van der Waals surface area contributed by atoms with Crippen LogP contribution in [0.4, 0.5) is 5.82 Å². The van der Waals surface area contributed by atoms with Crippen LogP contribution in [0.1, 0.15) is 12.8 Å². The van der Waals surface area contributed by atoms with Crippen molar-refractivity contribution in [3.63, 3.8) is 0 Å². The molecule has 0 saturated heterocycles. The van der Waals surface area contributed by atoms with Gasteiger partial charge in [-0.1, -0.05) is 18.2 Å². The highest BCUT2D eigenvalue weighted by Gasteiger charge is 2.36. The molecule has 1 N–H and O–H groups in total. The van der Waals surface area contributed by atoms with Crippen LogP contribution in [0, 0.1) is 5.92 Å². The fraction of sp³-hybridized carbons (Fsp3) is 0.286. The van der Waals surface area contributed by atoms with Crippen LogP contribution in [-0.4, -0.2) is 47.2 Å². The minimum absolute atomic E-state index is 0.141. The lowest BCUT2D eigenvalue weighted by molar-refractivity contribution is 0.282. The largest absolute Gasteiger partial charge is 0.356 e. The van der Waals surface area contributed by atoms with Crippen molar-refractivity contribution in [2.75, 3.05) is 17.7 Å². The van der Waals surface area contributed by atoms with Gasteiger partial charge in [0.2, 0.25) is 0 Å². The number of nitrogens with one attached hydrogen (secondary N) is 1. The van der Waals surface area contributed by atoms with Gasteiger partial charge in [-0.05, 0) is 37.0 Å². The van der Waals surface area contributed by atoms with Crippen molar-refractivity contribution >= 4 is 37.6 Å². The maximum absolute atomic E-state index is 12.9. The highest BCUT2D eigenvalue weighted by Crippen LogP contribution is 2.36. The van der Waals surface area contributed by atoms with E-state index < -0.39 is 9.84 Å². The molecule has 7 nitrogen and oxygen atoms in total. The molecule has 1 saturated carbocycles. The summed E-state index contributed by atoms with van der Waals surface area (Å²) in [7, 11) is -1.35. The number of benzene rings is 1. The molecule has 0 aliphatic heterocycles. The van der Waals surface area contributed by atoms with Gasteiger partial charge in [0.25, 0.3) is 0 Å². The molecule has 0 radical (unpaired) electrons. The molecule has 8 heteroatoms. The second-order valence-electron chi connectivity index (χ2n) is 7.68. The number of sulfone groups is 1. The molecule has 0 bridgehead atoms. The fourth-order valence-electron chi connectivity index (χ4n) is 4.09. The maximum atomic E-state index is 12.9. The molecule has 4 aromatic rings. The number of para-hydroxylation sites is 1. The van der Waals surface area contributed by atoms with Gasteiger partial charge < -0.3 is 9.88 Å². The Morgan fingerprint density at radius 1 is 1.14 bits per heavy atom. The van der Waals surface area contributed by atoms with Crippen LogP contribution in [0.15, 0.2) is 60.0 Å². The summed E-state index contributed by atoms with van der Waals surface area (Å²) in [6.07, 6.45) is 6.53. The number of anilines is 1. The van der Waals surface area contributed by atoms with E-state index in [0.29, 0.717) is 4.90 Å². The Kier molecular flexibility index (Phi) is 4.24. The summed E-state index contributed by atoms with van der Waals surface area (Å²) < 4.78 is 25.8. The topological polar surface area (TPSA) is 91.8 Å². The van der Waals surface area contributed by atoms with Gasteiger partial charge in [-0.25, -0.2) is 18.4 Å². The van der Waals surface area contributed by atoms with E-state index >= 15 is 0 Å². The highest BCUT2D eigenvalue weighted by atomic mass is 32.2. The zero-order valence-corrected chi connectivity index (χ0v) is 16.8. The number of aromatic amines is 1. The summed E-state index contributed by atoms with van der Waals surface area (Å²) in [6, 6.07) is 11.5. The molecule has 1 aliphatic carbocycles. The average Bonchev–Trinajstić information content (AvgIpc) is 3.18. The molecule has 148 valence electrons. The average molecular weight is 407 g/mol. The van der Waals surface area contributed by atoms with Crippen molar-refractivity contribution in [3.05, 3.63) is 55.1 Å². The molecule has 0 spiro atoms. The van der Waals surface area contributed by atoms with Crippen molar-refractivity contribution in [1.82, 2.24) is 19.9 Å². The van der Waals surface area contributed by atoms with E-state index in [1.54, 1.807) is 12.4 Å². The van der Waals surface area contributed by atoms with Gasteiger partial charge in [-0.3, -0.25) is 4.98 Å². The molecule has 1 aliphatic rings. The molecule has 29 heavy (non-hydrogen) atoms. The van der Waals surface area contributed by atoms with E-state index in [0.717, 1.165) is 40.6 Å². The van der Waals surface area contributed by atoms with E-state index in [1.165, 1.54) is 6.20 Å². The Labute approximate surface area is 168 Å². The van der Waals surface area contributed by atoms with Crippen molar-refractivity contribution < 1.29 is 8.42 Å². The van der Waals surface area contributed by atoms with E-state index in [4.69, 9.17) is 0 Å². The number of pyridine rings is 1. The van der Waals surface area contributed by atoms with E-state index in [9.17, 15) is 8.42 Å². The molecular weight excluding hydrogens is 386 g/mol. The lowest BCUT2D eigenvalue weighted by Gasteiger charge is -2.41. The third-order valence-electron chi connectivity index (χ3n) is 5.81. The SMILES string of the molecule is CN(c1ncnc2[nH]ccc12)[C@H]1C[C@@H](CS(=O)(=O)c2cnc3ccccc3c2)C1. The Morgan fingerprint density at radius 2 is 1.97 bits per heavy atom. The Balaban J connectivity index is 1.28. The van der Waals surface area contributed by atoms with Crippen molar-refractivity contribution in [3.8, 4) is 0 Å². The number of fused-ring (bicyclic) bond motifs is 2. The van der Waals surface area contributed by atoms with Crippen LogP contribution < -0.4 is 4.90 Å². The first-order valence-corrected chi connectivity index (χ1v) is 11.2. The van der Waals surface area contributed by atoms with Crippen LogP contribution in [0.2, 0.25) is 0 Å². The molecular formula is C21H21N5O2S. The van der Waals surface area contributed by atoms with Gasteiger partial charge in [-0.15, -0.1) is 0 Å². The number of nitrogens with zero attached hydrogens (tertiary/aromatic N) is 4. The minimum Gasteiger partial charge on any atom is -0.356 e.